The van der Waals surface area contributed by atoms with Crippen molar-refractivity contribution in [3.8, 4) is 0 Å². The van der Waals surface area contributed by atoms with Gasteiger partial charge in [-0.3, -0.25) is 0 Å². The third-order valence-corrected chi connectivity index (χ3v) is 3.64. The number of hydrogen-bond acceptors (Lipinski definition) is 3. The van der Waals surface area contributed by atoms with E-state index in [9.17, 15) is 5.11 Å². The molecule has 16 heavy (non-hydrogen) atoms. The molecule has 3 heteroatoms. The maximum Gasteiger partial charge on any atom is 0.0600 e. The zero-order valence-corrected chi connectivity index (χ0v) is 9.98. The van der Waals surface area contributed by atoms with Gasteiger partial charge in [0.25, 0.3) is 0 Å². The molecule has 1 aromatic rings. The molecular weight excluding hydrogens is 200 g/mol. The highest BCUT2D eigenvalue weighted by Gasteiger charge is 2.39. The molecule has 0 bridgehead atoms. The van der Waals surface area contributed by atoms with Crippen LogP contribution < -0.4 is 10.6 Å². The van der Waals surface area contributed by atoms with Crippen LogP contribution in [0.5, 0.6) is 0 Å². The Labute approximate surface area is 96.9 Å². The standard InChI is InChI=1S/C13H20N2O/c1-13(2)9-15(7-10(13)8-16)12-6-4-3-5-11(12)14/h3-6,10,16H,7-9,14H2,1-2H3/t10-/m0/s1. The molecule has 88 valence electrons. The van der Waals surface area contributed by atoms with E-state index in [2.05, 4.69) is 18.7 Å². The Hall–Kier alpha value is -1.22. The van der Waals surface area contributed by atoms with Crippen molar-refractivity contribution in [3.05, 3.63) is 24.3 Å². The molecule has 1 heterocycles. The first-order valence-corrected chi connectivity index (χ1v) is 5.75. The number of rotatable bonds is 2. The third-order valence-electron chi connectivity index (χ3n) is 3.64. The summed E-state index contributed by atoms with van der Waals surface area (Å²) in [7, 11) is 0. The Morgan fingerprint density at radius 3 is 2.69 bits per heavy atom. The Morgan fingerprint density at radius 1 is 1.44 bits per heavy atom. The lowest BCUT2D eigenvalue weighted by Crippen LogP contribution is -2.25. The summed E-state index contributed by atoms with van der Waals surface area (Å²) in [5, 5.41) is 9.38. The van der Waals surface area contributed by atoms with E-state index < -0.39 is 0 Å². The molecule has 1 aliphatic rings. The summed E-state index contributed by atoms with van der Waals surface area (Å²) in [5.41, 5.74) is 8.03. The maximum absolute atomic E-state index is 9.38. The summed E-state index contributed by atoms with van der Waals surface area (Å²) in [4.78, 5) is 2.27. The fourth-order valence-corrected chi connectivity index (χ4v) is 2.46. The molecule has 0 aliphatic carbocycles. The van der Waals surface area contributed by atoms with Crippen LogP contribution in [-0.4, -0.2) is 24.8 Å². The molecule has 0 aromatic heterocycles. The van der Waals surface area contributed by atoms with Gasteiger partial charge in [0.15, 0.2) is 0 Å². The van der Waals surface area contributed by atoms with Crippen molar-refractivity contribution >= 4 is 11.4 Å². The number of aliphatic hydroxyl groups is 1. The predicted molar refractivity (Wildman–Crippen MR) is 67.4 cm³/mol. The molecule has 1 aliphatic heterocycles. The van der Waals surface area contributed by atoms with Gasteiger partial charge in [-0.1, -0.05) is 26.0 Å². The number of nitrogens with zero attached hydrogens (tertiary/aromatic N) is 1. The van der Waals surface area contributed by atoms with E-state index in [1.807, 2.05) is 24.3 Å². The lowest BCUT2D eigenvalue weighted by molar-refractivity contribution is 0.161. The Bertz CT molecular complexity index is 376. The first-order chi connectivity index (χ1) is 7.54. The van der Waals surface area contributed by atoms with Crippen molar-refractivity contribution in [1.82, 2.24) is 0 Å². The largest absolute Gasteiger partial charge is 0.397 e. The Morgan fingerprint density at radius 2 is 2.12 bits per heavy atom. The minimum absolute atomic E-state index is 0.150. The van der Waals surface area contributed by atoms with Crippen molar-refractivity contribution in [2.24, 2.45) is 11.3 Å². The Balaban J connectivity index is 2.23. The van der Waals surface area contributed by atoms with Gasteiger partial charge in [0.2, 0.25) is 0 Å². The molecule has 1 aromatic carbocycles. The van der Waals surface area contributed by atoms with Gasteiger partial charge in [0.05, 0.1) is 11.4 Å². The quantitative estimate of drug-likeness (QED) is 0.746. The molecule has 1 atom stereocenters. The minimum Gasteiger partial charge on any atom is -0.397 e. The number of para-hydroxylation sites is 2. The topological polar surface area (TPSA) is 49.5 Å². The minimum atomic E-state index is 0.150. The molecule has 0 spiro atoms. The van der Waals surface area contributed by atoms with E-state index in [4.69, 9.17) is 5.73 Å². The van der Waals surface area contributed by atoms with Gasteiger partial charge in [-0.2, -0.15) is 0 Å². The van der Waals surface area contributed by atoms with Crippen molar-refractivity contribution in [3.63, 3.8) is 0 Å². The van der Waals surface area contributed by atoms with Crippen molar-refractivity contribution < 1.29 is 5.11 Å². The van der Waals surface area contributed by atoms with E-state index in [0.29, 0.717) is 5.92 Å². The lowest BCUT2D eigenvalue weighted by Gasteiger charge is -2.24. The monoisotopic (exact) mass is 220 g/mol. The number of hydrogen-bond donors (Lipinski definition) is 2. The highest BCUT2D eigenvalue weighted by molar-refractivity contribution is 5.67. The fourth-order valence-electron chi connectivity index (χ4n) is 2.46. The van der Waals surface area contributed by atoms with Crippen LogP contribution in [0.3, 0.4) is 0 Å². The molecule has 1 saturated heterocycles. The van der Waals surface area contributed by atoms with Crippen LogP contribution in [0.2, 0.25) is 0 Å². The second-order valence-electron chi connectivity index (χ2n) is 5.31. The number of nitrogens with two attached hydrogens (primary N) is 1. The lowest BCUT2D eigenvalue weighted by atomic mass is 9.83. The van der Waals surface area contributed by atoms with Crippen molar-refractivity contribution in [2.75, 3.05) is 30.3 Å². The highest BCUT2D eigenvalue weighted by Crippen LogP contribution is 2.38. The van der Waals surface area contributed by atoms with E-state index in [0.717, 1.165) is 24.5 Å². The fraction of sp³-hybridized carbons (Fsp3) is 0.538. The van der Waals surface area contributed by atoms with E-state index in [1.54, 1.807) is 0 Å². The Kier molecular flexibility index (Phi) is 2.80. The van der Waals surface area contributed by atoms with Crippen LogP contribution in [0.15, 0.2) is 24.3 Å². The van der Waals surface area contributed by atoms with E-state index in [-0.39, 0.29) is 12.0 Å². The zero-order valence-electron chi connectivity index (χ0n) is 9.98. The molecule has 3 nitrogen and oxygen atoms in total. The van der Waals surface area contributed by atoms with Gasteiger partial charge in [0, 0.05) is 25.6 Å². The van der Waals surface area contributed by atoms with Gasteiger partial charge < -0.3 is 15.7 Å². The first kappa shape index (κ1) is 11.3. The summed E-state index contributed by atoms with van der Waals surface area (Å²) in [6.07, 6.45) is 0. The molecular formula is C13H20N2O. The van der Waals surface area contributed by atoms with Gasteiger partial charge in [0.1, 0.15) is 0 Å². The smallest absolute Gasteiger partial charge is 0.0600 e. The number of aliphatic hydroxyl groups excluding tert-OH is 1. The number of anilines is 2. The average molecular weight is 220 g/mol. The molecule has 0 amide bonds. The van der Waals surface area contributed by atoms with Crippen LogP contribution >= 0.6 is 0 Å². The second-order valence-corrected chi connectivity index (χ2v) is 5.31. The normalized spacial score (nSPS) is 23.7. The first-order valence-electron chi connectivity index (χ1n) is 5.75. The van der Waals surface area contributed by atoms with Crippen LogP contribution in [0.1, 0.15) is 13.8 Å². The SMILES string of the molecule is CC1(C)CN(c2ccccc2N)C[C@H]1CO. The molecule has 1 fully saturated rings. The number of benzene rings is 1. The number of nitrogen functional groups attached to an aromatic ring is 1. The summed E-state index contributed by atoms with van der Waals surface area (Å²) in [6.45, 7) is 6.49. The van der Waals surface area contributed by atoms with Crippen LogP contribution in [0.4, 0.5) is 11.4 Å². The van der Waals surface area contributed by atoms with Crippen molar-refractivity contribution in [1.29, 1.82) is 0 Å². The van der Waals surface area contributed by atoms with Crippen LogP contribution in [0, 0.1) is 11.3 Å². The zero-order chi connectivity index (χ0) is 11.8. The molecule has 2 rings (SSSR count). The highest BCUT2D eigenvalue weighted by atomic mass is 16.3. The van der Waals surface area contributed by atoms with E-state index >= 15 is 0 Å². The molecule has 3 N–H and O–H groups in total. The molecule has 0 unspecified atom stereocenters. The predicted octanol–water partition coefficient (Wildman–Crippen LogP) is 1.72. The second kappa shape index (κ2) is 3.98. The maximum atomic E-state index is 9.38. The summed E-state index contributed by atoms with van der Waals surface area (Å²) in [5.74, 6) is 0.326. The van der Waals surface area contributed by atoms with Crippen LogP contribution in [0.25, 0.3) is 0 Å². The summed E-state index contributed by atoms with van der Waals surface area (Å²) < 4.78 is 0. The van der Waals surface area contributed by atoms with Gasteiger partial charge >= 0.3 is 0 Å². The summed E-state index contributed by atoms with van der Waals surface area (Å²) in [6, 6.07) is 7.92. The van der Waals surface area contributed by atoms with Gasteiger partial charge in [-0.15, -0.1) is 0 Å². The van der Waals surface area contributed by atoms with Gasteiger partial charge in [-0.05, 0) is 17.5 Å². The average Bonchev–Trinajstić information content (AvgIpc) is 2.54. The van der Waals surface area contributed by atoms with E-state index in [1.165, 1.54) is 0 Å². The third kappa shape index (κ3) is 1.87. The molecule has 0 radical (unpaired) electrons. The van der Waals surface area contributed by atoms with Crippen molar-refractivity contribution in [2.45, 2.75) is 13.8 Å². The van der Waals surface area contributed by atoms with Gasteiger partial charge in [-0.25, -0.2) is 0 Å². The van der Waals surface area contributed by atoms with Crippen LogP contribution in [-0.2, 0) is 0 Å². The molecule has 0 saturated carbocycles. The summed E-state index contributed by atoms with van der Waals surface area (Å²) >= 11 is 0.